The maximum Gasteiger partial charge on any atom is 0.0299 e. The molecule has 0 bridgehead atoms. The van der Waals surface area contributed by atoms with Crippen LogP contribution in [-0.2, 0) is 6.42 Å². The summed E-state index contributed by atoms with van der Waals surface area (Å²) in [6.45, 7) is 4.53. The minimum Gasteiger partial charge on any atom is -0.264 e. The highest BCUT2D eigenvalue weighted by molar-refractivity contribution is 8.93. The second-order valence-corrected chi connectivity index (χ2v) is 3.65. The van der Waals surface area contributed by atoms with Gasteiger partial charge in [-0.25, -0.2) is 0 Å². The number of hydrogen-bond donors (Lipinski definition) is 0. The largest absolute Gasteiger partial charge is 0.264 e. The Labute approximate surface area is 91.4 Å². The molecule has 1 aromatic heterocycles. The van der Waals surface area contributed by atoms with Crippen LogP contribution < -0.4 is 0 Å². The summed E-state index contributed by atoms with van der Waals surface area (Å²) in [6.07, 6.45) is 7.55. The molecule has 1 nitrogen and oxygen atoms in total. The number of nitrogens with zero attached hydrogens (tertiary/aromatic N) is 1. The van der Waals surface area contributed by atoms with Gasteiger partial charge in [-0.05, 0) is 30.4 Å². The van der Waals surface area contributed by atoms with Crippen molar-refractivity contribution in [3.8, 4) is 0 Å². The maximum atomic E-state index is 4.08. The molecule has 0 saturated carbocycles. The topological polar surface area (TPSA) is 12.9 Å². The molecule has 0 aromatic carbocycles. The molecule has 0 spiro atoms. The molecule has 0 unspecified atom stereocenters. The number of aromatic nitrogens is 1. The van der Waals surface area contributed by atoms with Gasteiger partial charge in [0.1, 0.15) is 0 Å². The molecule has 2 heteroatoms. The van der Waals surface area contributed by atoms with Crippen LogP contribution in [0.25, 0.3) is 0 Å². The van der Waals surface area contributed by atoms with Crippen LogP contribution in [0.4, 0.5) is 0 Å². The number of rotatable bonds is 4. The Morgan fingerprint density at radius 1 is 1.38 bits per heavy atom. The van der Waals surface area contributed by atoms with Crippen molar-refractivity contribution in [2.45, 2.75) is 33.1 Å². The van der Waals surface area contributed by atoms with E-state index in [0.29, 0.717) is 0 Å². The van der Waals surface area contributed by atoms with E-state index in [9.17, 15) is 0 Å². The quantitative estimate of drug-likeness (QED) is 0.787. The van der Waals surface area contributed by atoms with Crippen LogP contribution in [0.15, 0.2) is 24.5 Å². The zero-order valence-electron chi connectivity index (χ0n) is 8.36. The fourth-order valence-electron chi connectivity index (χ4n) is 1.26. The minimum atomic E-state index is 0. The zero-order valence-corrected chi connectivity index (χ0v) is 10.1. The third kappa shape index (κ3) is 5.81. The van der Waals surface area contributed by atoms with Crippen molar-refractivity contribution in [1.82, 2.24) is 4.98 Å². The standard InChI is InChI=1S/C11H17N.BrH/c1-10(2)5-3-6-11-7-4-8-12-9-11;/h4,7-10H,3,5-6H2,1-2H3;1H. The molecule has 0 fully saturated rings. The Kier molecular flexibility index (Phi) is 6.87. The Balaban J connectivity index is 0.00000144. The van der Waals surface area contributed by atoms with Crippen LogP contribution in [0.1, 0.15) is 32.3 Å². The van der Waals surface area contributed by atoms with E-state index < -0.39 is 0 Å². The van der Waals surface area contributed by atoms with Crippen molar-refractivity contribution in [2.75, 3.05) is 0 Å². The molecule has 0 aliphatic rings. The Morgan fingerprint density at radius 3 is 2.69 bits per heavy atom. The Bertz CT molecular complexity index is 209. The lowest BCUT2D eigenvalue weighted by Crippen LogP contribution is -1.90. The van der Waals surface area contributed by atoms with E-state index in [1.54, 1.807) is 0 Å². The fourth-order valence-corrected chi connectivity index (χ4v) is 1.26. The molecule has 13 heavy (non-hydrogen) atoms. The molecule has 1 rings (SSSR count). The molecule has 0 atom stereocenters. The van der Waals surface area contributed by atoms with Crippen LogP contribution in [0.3, 0.4) is 0 Å². The molecule has 1 aromatic rings. The van der Waals surface area contributed by atoms with Gasteiger partial charge in [-0.3, -0.25) is 4.98 Å². The number of halogens is 1. The first-order valence-electron chi connectivity index (χ1n) is 4.68. The van der Waals surface area contributed by atoms with E-state index in [1.807, 2.05) is 18.5 Å². The molecule has 1 heterocycles. The summed E-state index contributed by atoms with van der Waals surface area (Å²) in [5.74, 6) is 0.821. The highest BCUT2D eigenvalue weighted by Gasteiger charge is 1.95. The van der Waals surface area contributed by atoms with Gasteiger partial charge in [-0.2, -0.15) is 0 Å². The van der Waals surface area contributed by atoms with E-state index in [2.05, 4.69) is 24.9 Å². The molecule has 0 N–H and O–H groups in total. The van der Waals surface area contributed by atoms with Gasteiger partial charge < -0.3 is 0 Å². The van der Waals surface area contributed by atoms with Gasteiger partial charge in [0.05, 0.1) is 0 Å². The maximum absolute atomic E-state index is 4.08. The smallest absolute Gasteiger partial charge is 0.0299 e. The summed E-state index contributed by atoms with van der Waals surface area (Å²) in [5.41, 5.74) is 1.36. The van der Waals surface area contributed by atoms with Crippen LogP contribution >= 0.6 is 17.0 Å². The SMILES string of the molecule is Br.CC(C)CCCc1cccnc1. The van der Waals surface area contributed by atoms with Crippen LogP contribution in [0.2, 0.25) is 0 Å². The van der Waals surface area contributed by atoms with Gasteiger partial charge in [-0.1, -0.05) is 26.3 Å². The fraction of sp³-hybridized carbons (Fsp3) is 0.545. The monoisotopic (exact) mass is 243 g/mol. The predicted molar refractivity (Wildman–Crippen MR) is 62.3 cm³/mol. The van der Waals surface area contributed by atoms with E-state index in [0.717, 1.165) is 5.92 Å². The van der Waals surface area contributed by atoms with Crippen molar-refractivity contribution in [3.63, 3.8) is 0 Å². The third-order valence-electron chi connectivity index (χ3n) is 1.97. The van der Waals surface area contributed by atoms with Gasteiger partial charge in [-0.15, -0.1) is 17.0 Å². The summed E-state index contributed by atoms with van der Waals surface area (Å²) >= 11 is 0. The first-order chi connectivity index (χ1) is 5.79. The molecule has 0 aliphatic carbocycles. The Hall–Kier alpha value is -0.370. The second-order valence-electron chi connectivity index (χ2n) is 3.65. The first-order valence-corrected chi connectivity index (χ1v) is 4.68. The second kappa shape index (κ2) is 7.07. The molecule has 74 valence electrons. The first kappa shape index (κ1) is 12.6. The summed E-state index contributed by atoms with van der Waals surface area (Å²) < 4.78 is 0. The third-order valence-corrected chi connectivity index (χ3v) is 1.97. The van der Waals surface area contributed by atoms with Gasteiger partial charge in [0.2, 0.25) is 0 Å². The van der Waals surface area contributed by atoms with E-state index in [-0.39, 0.29) is 17.0 Å². The predicted octanol–water partition coefficient (Wildman–Crippen LogP) is 3.64. The number of pyridine rings is 1. The summed E-state index contributed by atoms with van der Waals surface area (Å²) in [7, 11) is 0. The van der Waals surface area contributed by atoms with Gasteiger partial charge in [0.25, 0.3) is 0 Å². The van der Waals surface area contributed by atoms with Crippen molar-refractivity contribution in [1.29, 1.82) is 0 Å². The lowest BCUT2D eigenvalue weighted by molar-refractivity contribution is 0.555. The average Bonchev–Trinajstić information content (AvgIpc) is 2.05. The van der Waals surface area contributed by atoms with Gasteiger partial charge in [0, 0.05) is 12.4 Å². The van der Waals surface area contributed by atoms with Crippen molar-refractivity contribution in [3.05, 3.63) is 30.1 Å². The average molecular weight is 244 g/mol. The molecular formula is C11H18BrN. The highest BCUT2D eigenvalue weighted by atomic mass is 79.9. The number of hydrogen-bond acceptors (Lipinski definition) is 1. The van der Waals surface area contributed by atoms with Gasteiger partial charge in [0.15, 0.2) is 0 Å². The summed E-state index contributed by atoms with van der Waals surface area (Å²) in [5, 5.41) is 0. The molecule has 0 radical (unpaired) electrons. The zero-order chi connectivity index (χ0) is 8.81. The van der Waals surface area contributed by atoms with E-state index in [1.165, 1.54) is 24.8 Å². The normalized spacial score (nSPS) is 9.77. The van der Waals surface area contributed by atoms with Crippen molar-refractivity contribution in [2.24, 2.45) is 5.92 Å². The van der Waals surface area contributed by atoms with E-state index >= 15 is 0 Å². The Morgan fingerprint density at radius 2 is 2.15 bits per heavy atom. The molecular weight excluding hydrogens is 226 g/mol. The molecule has 0 saturated heterocycles. The van der Waals surface area contributed by atoms with Crippen molar-refractivity contribution < 1.29 is 0 Å². The van der Waals surface area contributed by atoms with Gasteiger partial charge >= 0.3 is 0 Å². The van der Waals surface area contributed by atoms with Crippen molar-refractivity contribution >= 4 is 17.0 Å². The van der Waals surface area contributed by atoms with Crippen LogP contribution in [0, 0.1) is 5.92 Å². The van der Waals surface area contributed by atoms with Crippen LogP contribution in [-0.4, -0.2) is 4.98 Å². The minimum absolute atomic E-state index is 0. The molecule has 0 amide bonds. The van der Waals surface area contributed by atoms with Crippen LogP contribution in [0.5, 0.6) is 0 Å². The summed E-state index contributed by atoms with van der Waals surface area (Å²) in [6, 6.07) is 4.15. The lowest BCUT2D eigenvalue weighted by atomic mass is 10.0. The van der Waals surface area contributed by atoms with E-state index in [4.69, 9.17) is 0 Å². The number of aryl methyl sites for hydroxylation is 1. The molecule has 0 aliphatic heterocycles. The highest BCUT2D eigenvalue weighted by Crippen LogP contribution is 2.08. The lowest BCUT2D eigenvalue weighted by Gasteiger charge is -2.03. The summed E-state index contributed by atoms with van der Waals surface area (Å²) in [4.78, 5) is 4.08.